The third kappa shape index (κ3) is 3.13. The Morgan fingerprint density at radius 3 is 2.38 bits per heavy atom. The SMILES string of the molecule is CN(c1cccc(C#N)c1)c1ccc(S(N)(=O)=O)c(N)c1. The first-order chi connectivity index (χ1) is 9.82. The van der Waals surface area contributed by atoms with Gasteiger partial charge in [-0.1, -0.05) is 6.07 Å². The Bertz CT molecular complexity index is 825. The van der Waals surface area contributed by atoms with E-state index in [-0.39, 0.29) is 10.6 Å². The highest BCUT2D eigenvalue weighted by atomic mass is 32.2. The average Bonchev–Trinajstić information content (AvgIpc) is 2.45. The van der Waals surface area contributed by atoms with Crippen LogP contribution in [0.1, 0.15) is 5.56 Å². The van der Waals surface area contributed by atoms with E-state index >= 15 is 0 Å². The first kappa shape index (κ1) is 14.8. The van der Waals surface area contributed by atoms with Crippen molar-refractivity contribution in [3.8, 4) is 6.07 Å². The highest BCUT2D eigenvalue weighted by molar-refractivity contribution is 7.89. The highest BCUT2D eigenvalue weighted by Crippen LogP contribution is 2.28. The molecule has 4 N–H and O–H groups in total. The number of anilines is 3. The molecule has 0 aliphatic rings. The molecular formula is C14H14N4O2S. The summed E-state index contributed by atoms with van der Waals surface area (Å²) in [7, 11) is -2.04. The summed E-state index contributed by atoms with van der Waals surface area (Å²) in [5, 5.41) is 14.0. The number of nitriles is 1. The number of benzene rings is 2. The number of nitrogens with two attached hydrogens (primary N) is 2. The van der Waals surface area contributed by atoms with E-state index in [0.717, 1.165) is 5.69 Å². The first-order valence-electron chi connectivity index (χ1n) is 5.99. The van der Waals surface area contributed by atoms with Crippen molar-refractivity contribution in [2.45, 2.75) is 4.90 Å². The molecule has 0 saturated heterocycles. The summed E-state index contributed by atoms with van der Waals surface area (Å²) in [6, 6.07) is 13.6. The van der Waals surface area contributed by atoms with E-state index in [9.17, 15) is 8.42 Å². The minimum Gasteiger partial charge on any atom is -0.398 e. The molecule has 0 aliphatic heterocycles. The van der Waals surface area contributed by atoms with E-state index in [2.05, 4.69) is 6.07 Å². The molecule has 0 spiro atoms. The number of nitrogens with zero attached hydrogens (tertiary/aromatic N) is 2. The molecule has 0 fully saturated rings. The van der Waals surface area contributed by atoms with Gasteiger partial charge in [0.1, 0.15) is 4.90 Å². The fourth-order valence-corrected chi connectivity index (χ4v) is 2.58. The quantitative estimate of drug-likeness (QED) is 0.835. The van der Waals surface area contributed by atoms with Crippen LogP contribution in [0.3, 0.4) is 0 Å². The standard InChI is InChI=1S/C14H14N4O2S/c1-18(11-4-2-3-10(7-11)9-15)12-5-6-14(13(16)8-12)21(17,19)20/h2-8H,16H2,1H3,(H2,17,19,20). The maximum Gasteiger partial charge on any atom is 0.240 e. The lowest BCUT2D eigenvalue weighted by Crippen LogP contribution is -2.15. The van der Waals surface area contributed by atoms with Crippen molar-refractivity contribution >= 4 is 27.1 Å². The third-order valence-electron chi connectivity index (χ3n) is 3.05. The third-order valence-corrected chi connectivity index (χ3v) is 4.03. The van der Waals surface area contributed by atoms with Gasteiger partial charge in [-0.2, -0.15) is 5.26 Å². The van der Waals surface area contributed by atoms with E-state index in [1.54, 1.807) is 36.2 Å². The van der Waals surface area contributed by atoms with Gasteiger partial charge < -0.3 is 10.6 Å². The fraction of sp³-hybridized carbons (Fsp3) is 0.0714. The van der Waals surface area contributed by atoms with Crippen LogP contribution in [-0.4, -0.2) is 15.5 Å². The number of primary sulfonamides is 1. The lowest BCUT2D eigenvalue weighted by Gasteiger charge is -2.20. The molecule has 0 amide bonds. The largest absolute Gasteiger partial charge is 0.398 e. The van der Waals surface area contributed by atoms with Crippen LogP contribution < -0.4 is 15.8 Å². The number of hydrogen-bond donors (Lipinski definition) is 2. The summed E-state index contributed by atoms with van der Waals surface area (Å²) < 4.78 is 22.7. The van der Waals surface area contributed by atoms with Crippen LogP contribution >= 0.6 is 0 Å². The Morgan fingerprint density at radius 2 is 1.81 bits per heavy atom. The molecule has 7 heteroatoms. The van der Waals surface area contributed by atoms with Gasteiger partial charge in [0.05, 0.1) is 17.3 Å². The van der Waals surface area contributed by atoms with Crippen molar-refractivity contribution in [3.05, 3.63) is 48.0 Å². The molecule has 2 aromatic rings. The zero-order valence-corrected chi connectivity index (χ0v) is 12.1. The van der Waals surface area contributed by atoms with Crippen molar-refractivity contribution in [2.75, 3.05) is 17.7 Å². The minimum absolute atomic E-state index is 0.0817. The zero-order chi connectivity index (χ0) is 15.6. The molecule has 0 aliphatic carbocycles. The maximum absolute atomic E-state index is 11.3. The molecule has 0 aromatic heterocycles. The molecule has 21 heavy (non-hydrogen) atoms. The van der Waals surface area contributed by atoms with Crippen molar-refractivity contribution < 1.29 is 8.42 Å². The Labute approximate surface area is 123 Å². The molecule has 0 atom stereocenters. The van der Waals surface area contributed by atoms with Gasteiger partial charge in [-0.3, -0.25) is 0 Å². The number of sulfonamides is 1. The summed E-state index contributed by atoms with van der Waals surface area (Å²) in [5.41, 5.74) is 7.84. The molecule has 0 bridgehead atoms. The smallest absolute Gasteiger partial charge is 0.240 e. The number of rotatable bonds is 3. The van der Waals surface area contributed by atoms with E-state index in [1.807, 2.05) is 6.07 Å². The van der Waals surface area contributed by atoms with Crippen LogP contribution in [0, 0.1) is 11.3 Å². The lowest BCUT2D eigenvalue weighted by molar-refractivity contribution is 0.598. The molecule has 2 aromatic carbocycles. The number of hydrogen-bond acceptors (Lipinski definition) is 5. The van der Waals surface area contributed by atoms with E-state index in [1.165, 1.54) is 12.1 Å². The van der Waals surface area contributed by atoms with Crippen molar-refractivity contribution in [2.24, 2.45) is 5.14 Å². The summed E-state index contributed by atoms with van der Waals surface area (Å²) in [6.07, 6.45) is 0. The maximum atomic E-state index is 11.3. The first-order valence-corrected chi connectivity index (χ1v) is 7.54. The molecule has 2 rings (SSSR count). The summed E-state index contributed by atoms with van der Waals surface area (Å²) >= 11 is 0. The van der Waals surface area contributed by atoms with Crippen molar-refractivity contribution in [1.82, 2.24) is 0 Å². The van der Waals surface area contributed by atoms with Gasteiger partial charge >= 0.3 is 0 Å². The molecule has 108 valence electrons. The van der Waals surface area contributed by atoms with Gasteiger partial charge in [0, 0.05) is 18.4 Å². The zero-order valence-electron chi connectivity index (χ0n) is 11.3. The Balaban J connectivity index is 2.43. The molecular weight excluding hydrogens is 288 g/mol. The molecule has 0 heterocycles. The van der Waals surface area contributed by atoms with Gasteiger partial charge in [0.15, 0.2) is 0 Å². The van der Waals surface area contributed by atoms with Gasteiger partial charge in [0.2, 0.25) is 10.0 Å². The normalized spacial score (nSPS) is 10.9. The van der Waals surface area contributed by atoms with Crippen LogP contribution in [0.25, 0.3) is 0 Å². The van der Waals surface area contributed by atoms with Gasteiger partial charge in [-0.25, -0.2) is 13.6 Å². The molecule has 0 radical (unpaired) electrons. The van der Waals surface area contributed by atoms with E-state index in [4.69, 9.17) is 16.1 Å². The minimum atomic E-state index is -3.84. The van der Waals surface area contributed by atoms with Gasteiger partial charge in [0.25, 0.3) is 0 Å². The topological polar surface area (TPSA) is 113 Å². The van der Waals surface area contributed by atoms with Crippen LogP contribution in [-0.2, 0) is 10.0 Å². The molecule has 6 nitrogen and oxygen atoms in total. The van der Waals surface area contributed by atoms with Gasteiger partial charge in [-0.05, 0) is 36.4 Å². The van der Waals surface area contributed by atoms with Crippen LogP contribution in [0.15, 0.2) is 47.4 Å². The second kappa shape index (κ2) is 5.44. The predicted molar refractivity (Wildman–Crippen MR) is 81.4 cm³/mol. The number of nitrogen functional groups attached to an aromatic ring is 1. The Morgan fingerprint density at radius 1 is 1.14 bits per heavy atom. The fourth-order valence-electron chi connectivity index (χ4n) is 1.94. The van der Waals surface area contributed by atoms with Crippen LogP contribution in [0.2, 0.25) is 0 Å². The molecule has 0 saturated carbocycles. The Hall–Kier alpha value is -2.56. The summed E-state index contributed by atoms with van der Waals surface area (Å²) in [5.74, 6) is 0. The van der Waals surface area contributed by atoms with Crippen LogP contribution in [0.4, 0.5) is 17.1 Å². The van der Waals surface area contributed by atoms with Gasteiger partial charge in [-0.15, -0.1) is 0 Å². The predicted octanol–water partition coefficient (Wildman–Crippen LogP) is 1.56. The average molecular weight is 302 g/mol. The van der Waals surface area contributed by atoms with Crippen molar-refractivity contribution in [3.63, 3.8) is 0 Å². The summed E-state index contributed by atoms with van der Waals surface area (Å²) in [4.78, 5) is 1.69. The highest BCUT2D eigenvalue weighted by Gasteiger charge is 2.14. The molecule has 0 unspecified atom stereocenters. The van der Waals surface area contributed by atoms with E-state index < -0.39 is 10.0 Å². The second-order valence-electron chi connectivity index (χ2n) is 4.49. The van der Waals surface area contributed by atoms with E-state index in [0.29, 0.717) is 11.3 Å². The van der Waals surface area contributed by atoms with Crippen LogP contribution in [0.5, 0.6) is 0 Å². The monoisotopic (exact) mass is 302 g/mol. The van der Waals surface area contributed by atoms with Crippen molar-refractivity contribution in [1.29, 1.82) is 5.26 Å². The Kier molecular flexibility index (Phi) is 3.84. The lowest BCUT2D eigenvalue weighted by atomic mass is 10.2. The summed E-state index contributed by atoms with van der Waals surface area (Å²) in [6.45, 7) is 0. The second-order valence-corrected chi connectivity index (χ2v) is 6.02.